The molecule has 2 amide bonds. The van der Waals surface area contributed by atoms with Crippen LogP contribution in [0.5, 0.6) is 17.2 Å². The lowest BCUT2D eigenvalue weighted by molar-refractivity contribution is 0.169. The normalized spacial score (nSPS) is 18.0. The summed E-state index contributed by atoms with van der Waals surface area (Å²) in [5.74, 6) is 1.91. The predicted octanol–water partition coefficient (Wildman–Crippen LogP) is 3.04. The predicted molar refractivity (Wildman–Crippen MR) is 102 cm³/mol. The van der Waals surface area contributed by atoms with Gasteiger partial charge in [0.25, 0.3) is 0 Å². The standard InChI is InChI=1S/C20H23N3O4/c1-12-4-6-14(7-5-12)21-20(24)22-19-16-13(8-9-23(19)2)10-15-17(18(16)25-3)27-11-26-15/h4-7,10,19H,8-9,11H2,1-3H3,(H2,21,22,24). The monoisotopic (exact) mass is 369 g/mol. The van der Waals surface area contributed by atoms with Gasteiger partial charge in [-0.05, 0) is 44.2 Å². The molecule has 7 heteroatoms. The summed E-state index contributed by atoms with van der Waals surface area (Å²) in [4.78, 5) is 14.7. The number of likely N-dealkylation sites (N-methyl/N-ethyl adjacent to an activating group) is 1. The Hall–Kier alpha value is -2.93. The van der Waals surface area contributed by atoms with Gasteiger partial charge in [-0.25, -0.2) is 4.79 Å². The minimum atomic E-state index is -0.330. The molecule has 2 aliphatic heterocycles. The Kier molecular flexibility index (Phi) is 4.53. The highest BCUT2D eigenvalue weighted by Crippen LogP contribution is 2.48. The van der Waals surface area contributed by atoms with Crippen LogP contribution in [0.25, 0.3) is 0 Å². The molecule has 0 saturated carbocycles. The van der Waals surface area contributed by atoms with Crippen LogP contribution < -0.4 is 24.8 Å². The molecule has 0 fully saturated rings. The number of amides is 2. The van der Waals surface area contributed by atoms with Crippen LogP contribution in [0, 0.1) is 6.92 Å². The molecule has 2 aliphatic rings. The van der Waals surface area contributed by atoms with E-state index in [9.17, 15) is 4.79 Å². The van der Waals surface area contributed by atoms with E-state index in [-0.39, 0.29) is 19.0 Å². The highest BCUT2D eigenvalue weighted by atomic mass is 16.7. The highest BCUT2D eigenvalue weighted by molar-refractivity contribution is 5.89. The third-order valence-corrected chi connectivity index (χ3v) is 4.97. The molecule has 1 unspecified atom stereocenters. The van der Waals surface area contributed by atoms with Gasteiger partial charge in [0.15, 0.2) is 11.5 Å². The third-order valence-electron chi connectivity index (χ3n) is 4.97. The second-order valence-electron chi connectivity index (χ2n) is 6.81. The topological polar surface area (TPSA) is 72.1 Å². The van der Waals surface area contributed by atoms with E-state index in [2.05, 4.69) is 15.5 Å². The first-order valence-corrected chi connectivity index (χ1v) is 8.90. The van der Waals surface area contributed by atoms with Gasteiger partial charge in [-0.2, -0.15) is 0 Å². The van der Waals surface area contributed by atoms with Crippen molar-refractivity contribution < 1.29 is 19.0 Å². The molecule has 4 rings (SSSR count). The molecule has 0 aromatic heterocycles. The van der Waals surface area contributed by atoms with Crippen molar-refractivity contribution in [2.24, 2.45) is 0 Å². The lowest BCUT2D eigenvalue weighted by atomic mass is 9.95. The lowest BCUT2D eigenvalue weighted by Crippen LogP contribution is -2.45. The molecule has 0 radical (unpaired) electrons. The first kappa shape index (κ1) is 17.5. The second-order valence-corrected chi connectivity index (χ2v) is 6.81. The molecule has 0 bridgehead atoms. The van der Waals surface area contributed by atoms with Crippen LogP contribution in [0.2, 0.25) is 0 Å². The summed E-state index contributed by atoms with van der Waals surface area (Å²) in [6.45, 7) is 3.00. The number of nitrogens with zero attached hydrogens (tertiary/aromatic N) is 1. The molecule has 0 saturated heterocycles. The van der Waals surface area contributed by atoms with Crippen LogP contribution in [0.4, 0.5) is 10.5 Å². The summed E-state index contributed by atoms with van der Waals surface area (Å²) >= 11 is 0. The van der Waals surface area contributed by atoms with Gasteiger partial charge in [-0.15, -0.1) is 0 Å². The van der Waals surface area contributed by atoms with E-state index >= 15 is 0 Å². The Balaban J connectivity index is 1.62. The zero-order valence-electron chi connectivity index (χ0n) is 15.7. The number of carbonyl (C=O) groups is 1. The van der Waals surface area contributed by atoms with E-state index in [1.165, 1.54) is 0 Å². The zero-order valence-corrected chi connectivity index (χ0v) is 15.7. The van der Waals surface area contributed by atoms with Crippen molar-refractivity contribution >= 4 is 11.7 Å². The Bertz CT molecular complexity index is 867. The number of fused-ring (bicyclic) bond motifs is 2. The molecule has 2 aromatic rings. The van der Waals surface area contributed by atoms with Gasteiger partial charge in [0, 0.05) is 17.8 Å². The van der Waals surface area contributed by atoms with Gasteiger partial charge < -0.3 is 24.8 Å². The molecular formula is C20H23N3O4. The van der Waals surface area contributed by atoms with Gasteiger partial charge in [0.2, 0.25) is 12.5 Å². The Labute approximate surface area is 158 Å². The number of methoxy groups -OCH3 is 1. The third kappa shape index (κ3) is 3.26. The van der Waals surface area contributed by atoms with E-state index in [1.54, 1.807) is 7.11 Å². The van der Waals surface area contributed by atoms with Crippen molar-refractivity contribution in [2.45, 2.75) is 19.5 Å². The molecule has 2 N–H and O–H groups in total. The van der Waals surface area contributed by atoms with E-state index in [0.717, 1.165) is 35.3 Å². The second kappa shape index (κ2) is 7.00. The first-order chi connectivity index (χ1) is 13.1. The van der Waals surface area contributed by atoms with Crippen LogP contribution >= 0.6 is 0 Å². The van der Waals surface area contributed by atoms with Gasteiger partial charge in [-0.3, -0.25) is 4.90 Å². The average molecular weight is 369 g/mol. The summed E-state index contributed by atoms with van der Waals surface area (Å²) in [5, 5.41) is 5.94. The molecule has 0 spiro atoms. The number of carbonyl (C=O) groups excluding carboxylic acids is 1. The number of ether oxygens (including phenoxy) is 3. The number of benzene rings is 2. The van der Waals surface area contributed by atoms with E-state index in [1.807, 2.05) is 44.3 Å². The fourth-order valence-corrected chi connectivity index (χ4v) is 3.54. The SMILES string of the molecule is COc1c2c(cc3c1C(NC(=O)Nc1ccc(C)cc1)N(C)CC3)OCO2. The molecular weight excluding hydrogens is 346 g/mol. The van der Waals surface area contributed by atoms with E-state index in [4.69, 9.17) is 14.2 Å². The minimum absolute atomic E-state index is 0.177. The van der Waals surface area contributed by atoms with Crippen molar-refractivity contribution in [3.8, 4) is 17.2 Å². The number of hydrogen-bond acceptors (Lipinski definition) is 5. The number of urea groups is 1. The number of rotatable bonds is 3. The summed E-state index contributed by atoms with van der Waals surface area (Å²) in [6, 6.07) is 9.39. The highest BCUT2D eigenvalue weighted by Gasteiger charge is 2.34. The Morgan fingerprint density at radius 3 is 2.78 bits per heavy atom. The van der Waals surface area contributed by atoms with Crippen molar-refractivity contribution in [2.75, 3.05) is 32.8 Å². The van der Waals surface area contributed by atoms with E-state index in [0.29, 0.717) is 17.2 Å². The molecule has 7 nitrogen and oxygen atoms in total. The van der Waals surface area contributed by atoms with Crippen molar-refractivity contribution in [3.05, 3.63) is 47.0 Å². The minimum Gasteiger partial charge on any atom is -0.492 e. The van der Waals surface area contributed by atoms with Crippen LogP contribution in [0.15, 0.2) is 30.3 Å². The van der Waals surface area contributed by atoms with Gasteiger partial charge >= 0.3 is 6.03 Å². The largest absolute Gasteiger partial charge is 0.492 e. The molecule has 2 aromatic carbocycles. The summed E-state index contributed by atoms with van der Waals surface area (Å²) in [6.07, 6.45) is 0.514. The zero-order chi connectivity index (χ0) is 19.0. The van der Waals surface area contributed by atoms with Crippen LogP contribution in [-0.4, -0.2) is 38.4 Å². The quantitative estimate of drug-likeness (QED) is 0.870. The van der Waals surface area contributed by atoms with Crippen LogP contribution in [0.1, 0.15) is 22.9 Å². The Morgan fingerprint density at radius 1 is 1.26 bits per heavy atom. The Morgan fingerprint density at radius 2 is 2.04 bits per heavy atom. The van der Waals surface area contributed by atoms with Crippen molar-refractivity contribution in [1.82, 2.24) is 10.2 Å². The van der Waals surface area contributed by atoms with Gasteiger partial charge in [-0.1, -0.05) is 17.7 Å². The van der Waals surface area contributed by atoms with E-state index < -0.39 is 0 Å². The first-order valence-electron chi connectivity index (χ1n) is 8.90. The average Bonchev–Trinajstić information content (AvgIpc) is 3.12. The summed E-state index contributed by atoms with van der Waals surface area (Å²) in [7, 11) is 3.58. The smallest absolute Gasteiger partial charge is 0.320 e. The molecule has 27 heavy (non-hydrogen) atoms. The van der Waals surface area contributed by atoms with Gasteiger partial charge in [0.05, 0.1) is 7.11 Å². The number of aryl methyl sites for hydroxylation is 1. The molecule has 0 aliphatic carbocycles. The maximum atomic E-state index is 12.6. The van der Waals surface area contributed by atoms with Crippen LogP contribution in [0.3, 0.4) is 0 Å². The molecule has 142 valence electrons. The van der Waals surface area contributed by atoms with Crippen molar-refractivity contribution in [3.63, 3.8) is 0 Å². The molecule has 2 heterocycles. The number of nitrogens with one attached hydrogen (secondary N) is 2. The fourth-order valence-electron chi connectivity index (χ4n) is 3.54. The number of hydrogen-bond donors (Lipinski definition) is 2. The van der Waals surface area contributed by atoms with Gasteiger partial charge in [0.1, 0.15) is 6.17 Å². The maximum Gasteiger partial charge on any atom is 0.320 e. The lowest BCUT2D eigenvalue weighted by Gasteiger charge is -2.36. The van der Waals surface area contributed by atoms with Crippen LogP contribution in [-0.2, 0) is 6.42 Å². The fraction of sp³-hybridized carbons (Fsp3) is 0.350. The maximum absolute atomic E-state index is 12.6. The summed E-state index contributed by atoms with van der Waals surface area (Å²) in [5.41, 5.74) is 3.89. The van der Waals surface area contributed by atoms with Crippen molar-refractivity contribution in [1.29, 1.82) is 0 Å². The summed E-state index contributed by atoms with van der Waals surface area (Å²) < 4.78 is 16.8. The molecule has 1 atom stereocenters. The number of anilines is 1.